The number of rotatable bonds is 2. The van der Waals surface area contributed by atoms with Gasteiger partial charge in [0, 0.05) is 24.3 Å². The van der Waals surface area contributed by atoms with Crippen LogP contribution in [0.1, 0.15) is 37.8 Å². The molecule has 0 aliphatic carbocycles. The van der Waals surface area contributed by atoms with Gasteiger partial charge in [-0.2, -0.15) is 0 Å². The van der Waals surface area contributed by atoms with Crippen LogP contribution in [0.4, 0.5) is 5.69 Å². The van der Waals surface area contributed by atoms with E-state index in [0.717, 1.165) is 24.2 Å². The summed E-state index contributed by atoms with van der Waals surface area (Å²) in [5, 5.41) is 7.51. The first-order chi connectivity index (χ1) is 8.39. The van der Waals surface area contributed by atoms with Crippen molar-refractivity contribution in [3.05, 3.63) is 29.3 Å². The topological polar surface area (TPSA) is 53.1 Å². The van der Waals surface area contributed by atoms with E-state index in [9.17, 15) is 0 Å². The molecule has 0 unspecified atom stereocenters. The fourth-order valence-electron chi connectivity index (χ4n) is 2.52. The van der Waals surface area contributed by atoms with E-state index in [2.05, 4.69) is 30.9 Å². The summed E-state index contributed by atoms with van der Waals surface area (Å²) in [6, 6.07) is 6.20. The maximum Gasteiger partial charge on any atom is 0.123 e. The van der Waals surface area contributed by atoms with Crippen molar-refractivity contribution in [2.45, 2.75) is 33.6 Å². The molecule has 3 N–H and O–H groups in total. The number of nitrogen functional groups attached to an aromatic ring is 1. The highest BCUT2D eigenvalue weighted by Crippen LogP contribution is 2.32. The van der Waals surface area contributed by atoms with Crippen LogP contribution in [0.15, 0.2) is 18.2 Å². The molecular formula is C15H23N3. The minimum absolute atomic E-state index is 0.152. The second kappa shape index (κ2) is 4.63. The summed E-state index contributed by atoms with van der Waals surface area (Å²) in [6.45, 7) is 8.94. The summed E-state index contributed by atoms with van der Waals surface area (Å²) in [5.41, 5.74) is 9.21. The average molecular weight is 245 g/mol. The number of hydrogen-bond acceptors (Lipinski definition) is 2. The minimum atomic E-state index is 0.152. The molecule has 1 heterocycles. The zero-order valence-corrected chi connectivity index (χ0v) is 11.6. The molecule has 0 atom stereocenters. The van der Waals surface area contributed by atoms with Crippen LogP contribution < -0.4 is 10.6 Å². The first-order valence-electron chi connectivity index (χ1n) is 6.59. The maximum atomic E-state index is 7.51. The number of benzene rings is 1. The third-order valence-electron chi connectivity index (χ3n) is 3.98. The molecule has 1 aromatic carbocycles. The Morgan fingerprint density at radius 1 is 1.28 bits per heavy atom. The number of piperidine rings is 1. The predicted octanol–water partition coefficient (Wildman–Crippen LogP) is 2.91. The Bertz CT molecular complexity index is 453. The molecule has 1 aromatic rings. The highest BCUT2D eigenvalue weighted by atomic mass is 15.1. The van der Waals surface area contributed by atoms with E-state index in [4.69, 9.17) is 11.1 Å². The van der Waals surface area contributed by atoms with E-state index in [1.165, 1.54) is 18.5 Å². The average Bonchev–Trinajstić information content (AvgIpc) is 2.28. The van der Waals surface area contributed by atoms with E-state index in [1.807, 2.05) is 13.0 Å². The lowest BCUT2D eigenvalue weighted by Crippen LogP contribution is -2.37. The van der Waals surface area contributed by atoms with E-state index in [-0.39, 0.29) is 5.84 Å². The molecule has 2 rings (SSSR count). The number of amidine groups is 1. The first kappa shape index (κ1) is 12.9. The largest absolute Gasteiger partial charge is 0.384 e. The van der Waals surface area contributed by atoms with E-state index >= 15 is 0 Å². The predicted molar refractivity (Wildman–Crippen MR) is 77.4 cm³/mol. The normalized spacial score (nSPS) is 18.7. The summed E-state index contributed by atoms with van der Waals surface area (Å²) >= 11 is 0. The Morgan fingerprint density at radius 3 is 2.39 bits per heavy atom. The van der Waals surface area contributed by atoms with Gasteiger partial charge < -0.3 is 10.6 Å². The second-order valence-corrected chi connectivity index (χ2v) is 6.06. The standard InChI is InChI=1S/C15H23N3/c1-11-10-12(4-5-13(11)14(16)17)18-8-6-15(2,3)7-9-18/h4-5,10H,6-9H2,1-3H3,(H3,16,17). The van der Waals surface area contributed by atoms with Gasteiger partial charge in [-0.3, -0.25) is 5.41 Å². The Morgan fingerprint density at radius 2 is 1.89 bits per heavy atom. The Balaban J connectivity index is 2.16. The zero-order valence-electron chi connectivity index (χ0n) is 11.6. The van der Waals surface area contributed by atoms with E-state index in [0.29, 0.717) is 5.41 Å². The van der Waals surface area contributed by atoms with Crippen molar-refractivity contribution < 1.29 is 0 Å². The number of nitrogens with two attached hydrogens (primary N) is 1. The number of nitrogens with one attached hydrogen (secondary N) is 1. The van der Waals surface area contributed by atoms with Crippen LogP contribution in [-0.4, -0.2) is 18.9 Å². The lowest BCUT2D eigenvalue weighted by Gasteiger charge is -2.38. The lowest BCUT2D eigenvalue weighted by atomic mass is 9.82. The van der Waals surface area contributed by atoms with Crippen molar-refractivity contribution in [2.75, 3.05) is 18.0 Å². The van der Waals surface area contributed by atoms with Crippen molar-refractivity contribution >= 4 is 11.5 Å². The van der Waals surface area contributed by atoms with Crippen LogP contribution in [0.5, 0.6) is 0 Å². The molecule has 1 aliphatic heterocycles. The monoisotopic (exact) mass is 245 g/mol. The van der Waals surface area contributed by atoms with Crippen LogP contribution in [0.2, 0.25) is 0 Å². The third-order valence-corrected chi connectivity index (χ3v) is 3.98. The van der Waals surface area contributed by atoms with Gasteiger partial charge in [-0.25, -0.2) is 0 Å². The molecule has 0 radical (unpaired) electrons. The Hall–Kier alpha value is -1.51. The number of nitrogens with zero attached hydrogens (tertiary/aromatic N) is 1. The molecule has 18 heavy (non-hydrogen) atoms. The number of anilines is 1. The van der Waals surface area contributed by atoms with Crippen molar-refractivity contribution in [3.63, 3.8) is 0 Å². The zero-order chi connectivity index (χ0) is 13.3. The molecule has 3 heteroatoms. The summed E-state index contributed by atoms with van der Waals surface area (Å²) in [4.78, 5) is 2.43. The molecule has 0 amide bonds. The van der Waals surface area contributed by atoms with Crippen LogP contribution in [0.25, 0.3) is 0 Å². The van der Waals surface area contributed by atoms with E-state index in [1.54, 1.807) is 0 Å². The molecule has 0 aromatic heterocycles. The maximum absolute atomic E-state index is 7.51. The van der Waals surface area contributed by atoms with Gasteiger partial charge in [-0.1, -0.05) is 13.8 Å². The highest BCUT2D eigenvalue weighted by molar-refractivity contribution is 5.96. The van der Waals surface area contributed by atoms with Crippen molar-refractivity contribution in [3.8, 4) is 0 Å². The summed E-state index contributed by atoms with van der Waals surface area (Å²) < 4.78 is 0. The molecular weight excluding hydrogens is 222 g/mol. The molecule has 1 saturated heterocycles. The van der Waals surface area contributed by atoms with Gasteiger partial charge in [0.1, 0.15) is 5.84 Å². The van der Waals surface area contributed by atoms with Crippen LogP contribution in [0.3, 0.4) is 0 Å². The van der Waals surface area contributed by atoms with Crippen molar-refractivity contribution in [1.82, 2.24) is 0 Å². The second-order valence-electron chi connectivity index (χ2n) is 6.06. The fraction of sp³-hybridized carbons (Fsp3) is 0.533. The number of hydrogen-bond donors (Lipinski definition) is 2. The SMILES string of the molecule is Cc1cc(N2CCC(C)(C)CC2)ccc1C(=N)N. The van der Waals surface area contributed by atoms with Crippen LogP contribution in [-0.2, 0) is 0 Å². The molecule has 0 saturated carbocycles. The highest BCUT2D eigenvalue weighted by Gasteiger charge is 2.25. The summed E-state index contributed by atoms with van der Waals surface area (Å²) in [7, 11) is 0. The van der Waals surface area contributed by atoms with Crippen molar-refractivity contribution in [2.24, 2.45) is 11.1 Å². The molecule has 98 valence electrons. The molecule has 0 spiro atoms. The van der Waals surface area contributed by atoms with Crippen molar-refractivity contribution in [1.29, 1.82) is 5.41 Å². The van der Waals surface area contributed by atoms with Gasteiger partial charge >= 0.3 is 0 Å². The van der Waals surface area contributed by atoms with Gasteiger partial charge in [-0.15, -0.1) is 0 Å². The van der Waals surface area contributed by atoms with E-state index < -0.39 is 0 Å². The molecule has 1 fully saturated rings. The first-order valence-corrected chi connectivity index (χ1v) is 6.59. The smallest absolute Gasteiger partial charge is 0.123 e. The Labute approximate surface area is 109 Å². The van der Waals surface area contributed by atoms with Gasteiger partial charge in [0.15, 0.2) is 0 Å². The van der Waals surface area contributed by atoms with Gasteiger partial charge in [-0.05, 0) is 48.9 Å². The minimum Gasteiger partial charge on any atom is -0.384 e. The molecule has 1 aliphatic rings. The summed E-state index contributed by atoms with van der Waals surface area (Å²) in [5.74, 6) is 0.152. The van der Waals surface area contributed by atoms with Gasteiger partial charge in [0.25, 0.3) is 0 Å². The molecule has 3 nitrogen and oxygen atoms in total. The van der Waals surface area contributed by atoms with Gasteiger partial charge in [0.2, 0.25) is 0 Å². The third kappa shape index (κ3) is 2.66. The van der Waals surface area contributed by atoms with Crippen LogP contribution in [0, 0.1) is 17.7 Å². The number of aryl methyl sites for hydroxylation is 1. The lowest BCUT2D eigenvalue weighted by molar-refractivity contribution is 0.280. The molecule has 0 bridgehead atoms. The quantitative estimate of drug-likeness (QED) is 0.622. The van der Waals surface area contributed by atoms with Crippen LogP contribution >= 0.6 is 0 Å². The van der Waals surface area contributed by atoms with Gasteiger partial charge in [0.05, 0.1) is 0 Å². The fourth-order valence-corrected chi connectivity index (χ4v) is 2.52. The summed E-state index contributed by atoms with van der Waals surface area (Å²) in [6.07, 6.45) is 2.47. The Kier molecular flexibility index (Phi) is 3.33.